The first-order valence-corrected chi connectivity index (χ1v) is 7.41. The van der Waals surface area contributed by atoms with E-state index in [0.29, 0.717) is 18.7 Å². The van der Waals surface area contributed by atoms with Crippen LogP contribution in [-0.2, 0) is 6.54 Å². The highest BCUT2D eigenvalue weighted by Crippen LogP contribution is 2.32. The highest BCUT2D eigenvalue weighted by molar-refractivity contribution is 5.37. The van der Waals surface area contributed by atoms with Gasteiger partial charge in [0.25, 0.3) is 0 Å². The van der Waals surface area contributed by atoms with Crippen LogP contribution in [0.1, 0.15) is 35.6 Å². The Morgan fingerprint density at radius 2 is 2.18 bits per heavy atom. The van der Waals surface area contributed by atoms with E-state index in [1.54, 1.807) is 18.2 Å². The van der Waals surface area contributed by atoms with Crippen LogP contribution in [0, 0.1) is 17.1 Å². The summed E-state index contributed by atoms with van der Waals surface area (Å²) >= 11 is 0. The maximum Gasteiger partial charge on any atom is 0.124 e. The van der Waals surface area contributed by atoms with Crippen LogP contribution in [-0.4, -0.2) is 6.61 Å². The number of ether oxygens (including phenoxy) is 1. The maximum atomic E-state index is 13.5. The van der Waals surface area contributed by atoms with Crippen molar-refractivity contribution in [1.29, 1.82) is 5.26 Å². The largest absolute Gasteiger partial charge is 0.493 e. The normalized spacial score (nSPS) is 17.0. The van der Waals surface area contributed by atoms with Crippen molar-refractivity contribution in [3.63, 3.8) is 0 Å². The van der Waals surface area contributed by atoms with Crippen molar-refractivity contribution in [2.45, 2.75) is 25.4 Å². The summed E-state index contributed by atoms with van der Waals surface area (Å²) in [6.45, 7) is 1.29. The molecule has 1 atom stereocenters. The molecule has 1 aliphatic rings. The molecule has 0 spiro atoms. The maximum absolute atomic E-state index is 13.5. The molecule has 0 aliphatic carbocycles. The van der Waals surface area contributed by atoms with Gasteiger partial charge in [-0.1, -0.05) is 12.1 Å². The van der Waals surface area contributed by atoms with Gasteiger partial charge in [0.1, 0.15) is 11.6 Å². The van der Waals surface area contributed by atoms with Crippen LogP contribution in [0.3, 0.4) is 0 Å². The van der Waals surface area contributed by atoms with Crippen molar-refractivity contribution >= 4 is 0 Å². The van der Waals surface area contributed by atoms with E-state index in [1.165, 1.54) is 6.07 Å². The van der Waals surface area contributed by atoms with Crippen LogP contribution in [0.25, 0.3) is 0 Å². The molecule has 0 bridgehead atoms. The molecule has 1 N–H and O–H groups in total. The van der Waals surface area contributed by atoms with E-state index in [2.05, 4.69) is 11.4 Å². The number of nitrogens with zero attached hydrogens (tertiary/aromatic N) is 1. The van der Waals surface area contributed by atoms with Gasteiger partial charge >= 0.3 is 0 Å². The number of halogens is 1. The molecule has 1 aliphatic heterocycles. The highest BCUT2D eigenvalue weighted by atomic mass is 19.1. The van der Waals surface area contributed by atoms with Crippen LogP contribution in [0.4, 0.5) is 4.39 Å². The van der Waals surface area contributed by atoms with Gasteiger partial charge in [-0.2, -0.15) is 5.26 Å². The average Bonchev–Trinajstić information content (AvgIpc) is 2.75. The molecule has 2 aromatic carbocycles. The molecule has 0 radical (unpaired) electrons. The molecule has 4 heteroatoms. The first kappa shape index (κ1) is 14.6. The van der Waals surface area contributed by atoms with Gasteiger partial charge in [0, 0.05) is 18.2 Å². The molecular formula is C18H17FN2O. The summed E-state index contributed by atoms with van der Waals surface area (Å²) in [5.74, 6) is 0.504. The predicted molar refractivity (Wildman–Crippen MR) is 81.9 cm³/mol. The van der Waals surface area contributed by atoms with Gasteiger partial charge in [-0.25, -0.2) is 4.39 Å². The van der Waals surface area contributed by atoms with Gasteiger partial charge < -0.3 is 10.1 Å². The minimum atomic E-state index is -0.248. The van der Waals surface area contributed by atoms with E-state index in [9.17, 15) is 4.39 Å². The Bertz CT molecular complexity index is 708. The lowest BCUT2D eigenvalue weighted by molar-refractivity contribution is 0.315. The number of nitrogens with one attached hydrogen (secondary N) is 1. The fourth-order valence-electron chi connectivity index (χ4n) is 2.75. The number of benzene rings is 2. The second-order valence-electron chi connectivity index (χ2n) is 5.42. The molecule has 3 rings (SSSR count). The third kappa shape index (κ3) is 3.26. The summed E-state index contributed by atoms with van der Waals surface area (Å²) < 4.78 is 19.2. The number of fused-ring (bicyclic) bond motifs is 1. The van der Waals surface area contributed by atoms with Gasteiger partial charge in [-0.15, -0.1) is 0 Å². The minimum Gasteiger partial charge on any atom is -0.493 e. The smallest absolute Gasteiger partial charge is 0.124 e. The van der Waals surface area contributed by atoms with E-state index in [4.69, 9.17) is 10.00 Å². The molecule has 1 unspecified atom stereocenters. The number of hydrogen-bond acceptors (Lipinski definition) is 3. The summed E-state index contributed by atoms with van der Waals surface area (Å²) in [5, 5.41) is 12.4. The zero-order valence-electron chi connectivity index (χ0n) is 12.2. The van der Waals surface area contributed by atoms with Crippen molar-refractivity contribution in [3.8, 4) is 11.8 Å². The Morgan fingerprint density at radius 1 is 1.27 bits per heavy atom. The predicted octanol–water partition coefficient (Wildman–Crippen LogP) is 3.70. The molecule has 0 saturated carbocycles. The van der Waals surface area contributed by atoms with Crippen LogP contribution in [0.2, 0.25) is 0 Å². The van der Waals surface area contributed by atoms with E-state index >= 15 is 0 Å². The number of rotatable bonds is 3. The first-order chi connectivity index (χ1) is 10.8. The molecule has 112 valence electrons. The molecular weight excluding hydrogens is 279 g/mol. The Morgan fingerprint density at radius 3 is 3.05 bits per heavy atom. The second-order valence-corrected chi connectivity index (χ2v) is 5.42. The lowest BCUT2D eigenvalue weighted by atomic mass is 10.0. The van der Waals surface area contributed by atoms with Crippen molar-refractivity contribution in [3.05, 3.63) is 65.0 Å². The standard InChI is InChI=1S/C18H17FN2O/c19-15-6-7-18-16(10-15)17(5-2-8-22-18)21-12-14-4-1-3-13(9-14)11-20/h1,3-4,6-7,9-10,17,21H,2,5,8,12H2. The SMILES string of the molecule is N#Cc1cccc(CNC2CCCOc3ccc(F)cc32)c1. The van der Waals surface area contributed by atoms with Gasteiger partial charge in [-0.3, -0.25) is 0 Å². The molecule has 0 aromatic heterocycles. The fraction of sp³-hybridized carbons (Fsp3) is 0.278. The van der Waals surface area contributed by atoms with Crippen LogP contribution in [0.15, 0.2) is 42.5 Å². The van der Waals surface area contributed by atoms with Gasteiger partial charge in [-0.05, 0) is 48.7 Å². The number of nitriles is 1. The molecule has 22 heavy (non-hydrogen) atoms. The van der Waals surface area contributed by atoms with Crippen LogP contribution < -0.4 is 10.1 Å². The summed E-state index contributed by atoms with van der Waals surface area (Å²) in [4.78, 5) is 0. The van der Waals surface area contributed by atoms with Crippen molar-refractivity contribution in [2.24, 2.45) is 0 Å². The Kier molecular flexibility index (Phi) is 4.36. The van der Waals surface area contributed by atoms with E-state index < -0.39 is 0 Å². The van der Waals surface area contributed by atoms with E-state index in [1.807, 2.05) is 18.2 Å². The van der Waals surface area contributed by atoms with Gasteiger partial charge in [0.2, 0.25) is 0 Å². The molecule has 3 nitrogen and oxygen atoms in total. The summed E-state index contributed by atoms with van der Waals surface area (Å²) in [6, 6.07) is 14.4. The Hall–Kier alpha value is -2.38. The highest BCUT2D eigenvalue weighted by Gasteiger charge is 2.20. The third-order valence-corrected chi connectivity index (χ3v) is 3.85. The summed E-state index contributed by atoms with van der Waals surface area (Å²) in [6.07, 6.45) is 1.82. The summed E-state index contributed by atoms with van der Waals surface area (Å²) in [5.41, 5.74) is 2.56. The molecule has 0 amide bonds. The van der Waals surface area contributed by atoms with Crippen molar-refractivity contribution in [1.82, 2.24) is 5.32 Å². The van der Waals surface area contributed by atoms with Crippen molar-refractivity contribution < 1.29 is 9.13 Å². The summed E-state index contributed by atoms with van der Waals surface area (Å²) in [7, 11) is 0. The second kappa shape index (κ2) is 6.59. The lowest BCUT2D eigenvalue weighted by Gasteiger charge is -2.18. The number of hydrogen-bond donors (Lipinski definition) is 1. The molecule has 1 heterocycles. The monoisotopic (exact) mass is 296 g/mol. The van der Waals surface area contributed by atoms with Crippen LogP contribution >= 0.6 is 0 Å². The minimum absolute atomic E-state index is 0.0546. The lowest BCUT2D eigenvalue weighted by Crippen LogP contribution is -2.20. The first-order valence-electron chi connectivity index (χ1n) is 7.41. The zero-order chi connectivity index (χ0) is 15.4. The quantitative estimate of drug-likeness (QED) is 0.939. The van der Waals surface area contributed by atoms with E-state index in [-0.39, 0.29) is 11.9 Å². The van der Waals surface area contributed by atoms with Crippen LogP contribution in [0.5, 0.6) is 5.75 Å². The Balaban J connectivity index is 1.77. The van der Waals surface area contributed by atoms with Crippen molar-refractivity contribution in [2.75, 3.05) is 6.61 Å². The van der Waals surface area contributed by atoms with Gasteiger partial charge in [0.05, 0.1) is 18.2 Å². The third-order valence-electron chi connectivity index (χ3n) is 3.85. The van der Waals surface area contributed by atoms with Gasteiger partial charge in [0.15, 0.2) is 0 Å². The Labute approximate surface area is 129 Å². The fourth-order valence-corrected chi connectivity index (χ4v) is 2.75. The topological polar surface area (TPSA) is 45.0 Å². The molecule has 0 saturated heterocycles. The average molecular weight is 296 g/mol. The molecule has 0 fully saturated rings. The zero-order valence-corrected chi connectivity index (χ0v) is 12.2. The molecule has 2 aromatic rings. The van der Waals surface area contributed by atoms with E-state index in [0.717, 1.165) is 29.7 Å².